The first-order chi connectivity index (χ1) is 16.4. The summed E-state index contributed by atoms with van der Waals surface area (Å²) >= 11 is 0. The van der Waals surface area contributed by atoms with Crippen molar-refractivity contribution < 1.29 is 40.1 Å². The van der Waals surface area contributed by atoms with Crippen LogP contribution in [0.5, 0.6) is 0 Å². The predicted octanol–water partition coefficient (Wildman–Crippen LogP) is -0.934. The molecule has 1 aliphatic heterocycles. The van der Waals surface area contributed by atoms with Crippen molar-refractivity contribution in [2.45, 2.75) is 10.1 Å². The van der Waals surface area contributed by atoms with Gasteiger partial charge in [-0.2, -0.15) is 21.4 Å². The van der Waals surface area contributed by atoms with Crippen molar-refractivity contribution in [3.63, 3.8) is 0 Å². The van der Waals surface area contributed by atoms with E-state index in [-0.39, 0.29) is 93.2 Å². The maximum atomic E-state index is 13.0. The summed E-state index contributed by atoms with van der Waals surface area (Å²) in [6.07, 6.45) is 7.68. The van der Waals surface area contributed by atoms with Gasteiger partial charge in [-0.15, -0.1) is 0 Å². The van der Waals surface area contributed by atoms with Crippen molar-refractivity contribution >= 4 is 109 Å². The normalized spacial score (nSPS) is 18.9. The molecule has 1 aromatic carbocycles. The van der Waals surface area contributed by atoms with Crippen LogP contribution in [0.1, 0.15) is 27.0 Å². The monoisotopic (exact) mass is 566 g/mol. The maximum absolute atomic E-state index is 13.0. The van der Waals surface area contributed by atoms with Crippen LogP contribution in [0, 0.1) is 0 Å². The van der Waals surface area contributed by atoms with Gasteiger partial charge in [-0.1, -0.05) is 6.08 Å². The average Bonchev–Trinajstić information content (AvgIpc) is 3.48. The van der Waals surface area contributed by atoms with Gasteiger partial charge in [0.15, 0.2) is 11.5 Å². The Morgan fingerprint density at radius 2 is 1.84 bits per heavy atom. The molecule has 0 spiro atoms. The summed E-state index contributed by atoms with van der Waals surface area (Å²) in [5.41, 5.74) is 0.169. The van der Waals surface area contributed by atoms with Gasteiger partial charge in [0.2, 0.25) is 5.71 Å². The number of aliphatic imine (C=N–C) groups is 2. The second kappa shape index (κ2) is 11.9. The van der Waals surface area contributed by atoms with Crippen LogP contribution in [-0.2, 0) is 25.0 Å². The fourth-order valence-corrected chi connectivity index (χ4v) is 4.77. The molecule has 0 bridgehead atoms. The number of benzene rings is 1. The number of nitrogens with zero attached hydrogens (tertiary/aromatic N) is 4. The van der Waals surface area contributed by atoms with E-state index in [0.29, 0.717) is 0 Å². The third kappa shape index (κ3) is 6.75. The van der Waals surface area contributed by atoms with Crippen LogP contribution >= 0.6 is 0 Å². The molecule has 0 saturated carbocycles. The number of aromatic nitrogens is 2. The molecule has 1 unspecified atom stereocenters. The minimum absolute atomic E-state index is 0. The van der Waals surface area contributed by atoms with Gasteiger partial charge in [0.05, 0.1) is 22.4 Å². The SMILES string of the molecule is C[N+](C(=O)C1=CC(=NC(=O)c2ncc[nH]2)C=N1)=C1C=CC(S(=O)(=O)O)c2cc(S(=O)(=O)O)ccc21.[NaH].[NaH]. The number of imidazole rings is 1. The van der Waals surface area contributed by atoms with Crippen molar-refractivity contribution in [3.05, 3.63) is 71.5 Å². The van der Waals surface area contributed by atoms with E-state index < -0.39 is 42.2 Å². The van der Waals surface area contributed by atoms with Crippen LogP contribution in [0.4, 0.5) is 0 Å². The van der Waals surface area contributed by atoms with Gasteiger partial charge in [0.1, 0.15) is 12.3 Å². The third-order valence-electron chi connectivity index (χ3n) is 5.09. The van der Waals surface area contributed by atoms with Crippen molar-refractivity contribution in [2.75, 3.05) is 7.05 Å². The van der Waals surface area contributed by atoms with Crippen LogP contribution in [-0.4, -0.2) is 136 Å². The summed E-state index contributed by atoms with van der Waals surface area (Å²) in [6, 6.07) is 3.15. The molecule has 0 radical (unpaired) electrons. The number of amides is 2. The molecule has 2 amide bonds. The zero-order chi connectivity index (χ0) is 25.5. The molecular formula is C20H18N5Na2O8S2+. The van der Waals surface area contributed by atoms with Crippen molar-refractivity contribution in [3.8, 4) is 0 Å². The standard InChI is InChI=1S/C20H15N5O8S2.2Na.2H/c1-25(20(27)15-8-11(10-23-15)24-19(26)18-21-6-7-22-18)16-4-5-17(35(31,32)33)14-9-12(34(28,29)30)2-3-13(14)16;;;;/h2-10,17H,1H3,(H2-,21,22,26,28,29,30,31,32,33);;;;/p+1. The molecule has 17 heteroatoms. The number of rotatable bonds is 4. The Labute approximate surface area is 255 Å². The van der Waals surface area contributed by atoms with E-state index in [1.807, 2.05) is 0 Å². The van der Waals surface area contributed by atoms with E-state index in [4.69, 9.17) is 0 Å². The number of likely N-dealkylation sites (N-methyl/N-ethyl adjacent to an activating group) is 1. The zero-order valence-electron chi connectivity index (χ0n) is 17.7. The van der Waals surface area contributed by atoms with E-state index in [9.17, 15) is 35.5 Å². The summed E-state index contributed by atoms with van der Waals surface area (Å²) in [6.45, 7) is 0. The van der Waals surface area contributed by atoms with Gasteiger partial charge >= 0.3 is 70.9 Å². The van der Waals surface area contributed by atoms with E-state index >= 15 is 0 Å². The summed E-state index contributed by atoms with van der Waals surface area (Å²) in [5.74, 6) is -1.31. The number of hydrogen-bond acceptors (Lipinski definition) is 8. The number of hydrogen-bond donors (Lipinski definition) is 3. The Balaban J connectivity index is 0.00000241. The van der Waals surface area contributed by atoms with E-state index in [2.05, 4.69) is 20.0 Å². The first kappa shape index (κ1) is 31.3. The Kier molecular flexibility index (Phi) is 10.0. The van der Waals surface area contributed by atoms with Crippen LogP contribution in [0.15, 0.2) is 69.4 Å². The molecule has 0 saturated heterocycles. The Morgan fingerprint density at radius 3 is 2.43 bits per heavy atom. The van der Waals surface area contributed by atoms with Crippen LogP contribution < -0.4 is 0 Å². The number of carbonyl (C=O) groups excluding carboxylic acids is 2. The quantitative estimate of drug-likeness (QED) is 0.238. The fraction of sp³-hybridized carbons (Fsp3) is 0.100. The Morgan fingerprint density at radius 1 is 1.14 bits per heavy atom. The summed E-state index contributed by atoms with van der Waals surface area (Å²) in [4.78, 5) is 38.7. The molecule has 4 rings (SSSR count). The van der Waals surface area contributed by atoms with Crippen LogP contribution in [0.2, 0.25) is 0 Å². The summed E-state index contributed by atoms with van der Waals surface area (Å²) in [5, 5.41) is -1.62. The molecule has 3 N–H and O–H groups in total. The van der Waals surface area contributed by atoms with Gasteiger partial charge in [0.25, 0.3) is 20.2 Å². The van der Waals surface area contributed by atoms with Gasteiger partial charge in [-0.3, -0.25) is 13.9 Å². The Bertz CT molecular complexity index is 1640. The Hall–Kier alpha value is -1.92. The number of nitrogens with one attached hydrogen (secondary N) is 1. The number of aromatic amines is 1. The van der Waals surface area contributed by atoms with Crippen molar-refractivity contribution in [2.24, 2.45) is 9.98 Å². The number of fused-ring (bicyclic) bond motifs is 1. The molecule has 1 aliphatic carbocycles. The van der Waals surface area contributed by atoms with Gasteiger partial charge < -0.3 is 4.98 Å². The summed E-state index contributed by atoms with van der Waals surface area (Å²) in [7, 11) is -7.99. The molecule has 1 atom stereocenters. The second-order valence-electron chi connectivity index (χ2n) is 7.34. The van der Waals surface area contributed by atoms with Gasteiger partial charge in [-0.25, -0.2) is 19.8 Å². The van der Waals surface area contributed by atoms with Crippen molar-refractivity contribution in [1.82, 2.24) is 9.97 Å². The van der Waals surface area contributed by atoms with Gasteiger partial charge in [-0.05, 0) is 23.8 Å². The molecule has 2 aliphatic rings. The van der Waals surface area contributed by atoms with Crippen molar-refractivity contribution in [1.29, 1.82) is 0 Å². The summed E-state index contributed by atoms with van der Waals surface area (Å²) < 4.78 is 66.9. The molecule has 184 valence electrons. The van der Waals surface area contributed by atoms with E-state index in [0.717, 1.165) is 22.8 Å². The number of H-pyrrole nitrogens is 1. The third-order valence-corrected chi connectivity index (χ3v) is 6.99. The fourth-order valence-electron chi connectivity index (χ4n) is 3.46. The number of carbonyl (C=O) groups is 2. The number of allylic oxidation sites excluding steroid dienone is 2. The van der Waals surface area contributed by atoms with E-state index in [1.165, 1.54) is 43.9 Å². The first-order valence-electron chi connectivity index (χ1n) is 9.66. The predicted molar refractivity (Wildman–Crippen MR) is 136 cm³/mol. The molecule has 1 aromatic heterocycles. The average molecular weight is 567 g/mol. The van der Waals surface area contributed by atoms with Gasteiger partial charge in [0, 0.05) is 24.5 Å². The first-order valence-corrected chi connectivity index (χ1v) is 12.6. The molecule has 37 heavy (non-hydrogen) atoms. The van der Waals surface area contributed by atoms with E-state index in [1.54, 1.807) is 0 Å². The van der Waals surface area contributed by atoms with Crippen LogP contribution in [0.25, 0.3) is 0 Å². The molecule has 2 heterocycles. The molecular weight excluding hydrogens is 548 g/mol. The molecule has 2 aromatic rings. The second-order valence-corrected chi connectivity index (χ2v) is 10.3. The topological polar surface area (TPSA) is 199 Å². The van der Waals surface area contributed by atoms with Crippen LogP contribution in [0.3, 0.4) is 0 Å². The molecule has 0 fully saturated rings. The minimum atomic E-state index is -4.69. The molecule has 13 nitrogen and oxygen atoms in total. The zero-order valence-corrected chi connectivity index (χ0v) is 19.4.